The summed E-state index contributed by atoms with van der Waals surface area (Å²) >= 11 is 0. The highest BCUT2D eigenvalue weighted by Crippen LogP contribution is 2.10. The van der Waals surface area contributed by atoms with E-state index in [4.69, 9.17) is 4.42 Å². The Balaban J connectivity index is 1.66. The van der Waals surface area contributed by atoms with Crippen molar-refractivity contribution in [1.82, 2.24) is 10.3 Å². The fraction of sp³-hybridized carbons (Fsp3) is 0.0556. The van der Waals surface area contributed by atoms with Crippen LogP contribution in [0.2, 0.25) is 0 Å². The van der Waals surface area contributed by atoms with E-state index in [-0.39, 0.29) is 18.4 Å². The van der Waals surface area contributed by atoms with Gasteiger partial charge in [-0.25, -0.2) is 0 Å². The van der Waals surface area contributed by atoms with Gasteiger partial charge in [-0.1, -0.05) is 18.2 Å². The van der Waals surface area contributed by atoms with Gasteiger partial charge in [0, 0.05) is 18.1 Å². The topological polar surface area (TPSA) is 84.2 Å². The summed E-state index contributed by atoms with van der Waals surface area (Å²) in [5.74, 6) is -0.00284. The van der Waals surface area contributed by atoms with Crippen LogP contribution in [0.25, 0.3) is 0 Å². The average Bonchev–Trinajstić information content (AvgIpc) is 3.14. The Bertz CT molecular complexity index is 830. The first-order chi connectivity index (χ1) is 11.7. The molecule has 6 heteroatoms. The maximum Gasteiger partial charge on any atom is 0.257 e. The van der Waals surface area contributed by atoms with Gasteiger partial charge in [0.05, 0.1) is 23.9 Å². The molecule has 3 rings (SSSR count). The SMILES string of the molecule is O=C(NCc1ccco1)c1cncc(C(=O)Nc2ccccc2)c1. The third kappa shape index (κ3) is 3.86. The number of carbonyl (C=O) groups is 2. The molecular formula is C18H15N3O3. The smallest absolute Gasteiger partial charge is 0.257 e. The fourth-order valence-corrected chi connectivity index (χ4v) is 2.10. The number of benzene rings is 1. The monoisotopic (exact) mass is 321 g/mol. The Morgan fingerprint density at radius 1 is 0.958 bits per heavy atom. The molecule has 6 nitrogen and oxygen atoms in total. The van der Waals surface area contributed by atoms with Crippen LogP contribution in [0, 0.1) is 0 Å². The average molecular weight is 321 g/mol. The van der Waals surface area contributed by atoms with E-state index in [0.717, 1.165) is 0 Å². The van der Waals surface area contributed by atoms with Crippen LogP contribution in [0.4, 0.5) is 5.69 Å². The standard InChI is InChI=1S/C18H15N3O3/c22-17(20-12-16-7-4-8-24-16)13-9-14(11-19-10-13)18(23)21-15-5-2-1-3-6-15/h1-11H,12H2,(H,20,22)(H,21,23). The number of furan rings is 1. The van der Waals surface area contributed by atoms with Crippen LogP contribution in [-0.4, -0.2) is 16.8 Å². The van der Waals surface area contributed by atoms with Crippen molar-refractivity contribution in [2.75, 3.05) is 5.32 Å². The number of anilines is 1. The number of nitrogens with zero attached hydrogens (tertiary/aromatic N) is 1. The normalized spacial score (nSPS) is 10.2. The van der Waals surface area contributed by atoms with E-state index in [0.29, 0.717) is 22.6 Å². The molecule has 0 saturated carbocycles. The number of aromatic nitrogens is 1. The lowest BCUT2D eigenvalue weighted by molar-refractivity contribution is 0.0947. The minimum Gasteiger partial charge on any atom is -0.467 e. The summed E-state index contributed by atoms with van der Waals surface area (Å²) in [7, 11) is 0. The van der Waals surface area contributed by atoms with E-state index in [1.54, 1.807) is 24.3 Å². The molecule has 0 aliphatic rings. The van der Waals surface area contributed by atoms with Gasteiger partial charge in [-0.3, -0.25) is 14.6 Å². The van der Waals surface area contributed by atoms with Gasteiger partial charge in [-0.15, -0.1) is 0 Å². The van der Waals surface area contributed by atoms with Crippen LogP contribution in [0.3, 0.4) is 0 Å². The first-order valence-corrected chi connectivity index (χ1v) is 7.34. The predicted molar refractivity (Wildman–Crippen MR) is 88.5 cm³/mol. The van der Waals surface area contributed by atoms with Gasteiger partial charge in [0.2, 0.25) is 0 Å². The van der Waals surface area contributed by atoms with Crippen LogP contribution >= 0.6 is 0 Å². The second-order valence-corrected chi connectivity index (χ2v) is 5.04. The molecule has 2 heterocycles. The fourth-order valence-electron chi connectivity index (χ4n) is 2.10. The van der Waals surface area contributed by atoms with Gasteiger partial charge in [0.15, 0.2) is 0 Å². The molecule has 3 aromatic rings. The highest BCUT2D eigenvalue weighted by Gasteiger charge is 2.12. The summed E-state index contributed by atoms with van der Waals surface area (Å²) in [5, 5.41) is 5.47. The van der Waals surface area contributed by atoms with E-state index >= 15 is 0 Å². The molecule has 2 N–H and O–H groups in total. The Hall–Kier alpha value is -3.41. The van der Waals surface area contributed by atoms with Crippen LogP contribution in [0.15, 0.2) is 71.6 Å². The maximum absolute atomic E-state index is 12.2. The Kier molecular flexibility index (Phi) is 4.67. The van der Waals surface area contributed by atoms with Crippen LogP contribution < -0.4 is 10.6 Å². The van der Waals surface area contributed by atoms with Gasteiger partial charge in [-0.2, -0.15) is 0 Å². The number of hydrogen-bond donors (Lipinski definition) is 2. The third-order valence-corrected chi connectivity index (χ3v) is 3.30. The van der Waals surface area contributed by atoms with Crippen molar-refractivity contribution in [2.45, 2.75) is 6.54 Å². The summed E-state index contributed by atoms with van der Waals surface area (Å²) in [6.07, 6.45) is 4.37. The van der Waals surface area contributed by atoms with Gasteiger partial charge in [-0.05, 0) is 30.3 Å². The second-order valence-electron chi connectivity index (χ2n) is 5.04. The molecule has 0 saturated heterocycles. The van der Waals surface area contributed by atoms with E-state index in [1.165, 1.54) is 24.7 Å². The molecule has 0 aliphatic heterocycles. The number of carbonyl (C=O) groups excluding carboxylic acids is 2. The number of pyridine rings is 1. The zero-order chi connectivity index (χ0) is 16.8. The maximum atomic E-state index is 12.2. The van der Waals surface area contributed by atoms with Crippen molar-refractivity contribution >= 4 is 17.5 Å². The lowest BCUT2D eigenvalue weighted by Crippen LogP contribution is -2.23. The van der Waals surface area contributed by atoms with E-state index < -0.39 is 0 Å². The zero-order valence-corrected chi connectivity index (χ0v) is 12.7. The first-order valence-electron chi connectivity index (χ1n) is 7.34. The molecule has 0 fully saturated rings. The van der Waals surface area contributed by atoms with Crippen molar-refractivity contribution < 1.29 is 14.0 Å². The van der Waals surface area contributed by atoms with E-state index in [1.807, 2.05) is 18.2 Å². The number of nitrogens with one attached hydrogen (secondary N) is 2. The summed E-state index contributed by atoms with van der Waals surface area (Å²) < 4.78 is 5.15. The Labute approximate surface area is 138 Å². The van der Waals surface area contributed by atoms with Crippen molar-refractivity contribution in [3.63, 3.8) is 0 Å². The van der Waals surface area contributed by atoms with Crippen molar-refractivity contribution in [3.8, 4) is 0 Å². The summed E-state index contributed by atoms with van der Waals surface area (Å²) in [6.45, 7) is 0.270. The molecule has 0 unspecified atom stereocenters. The zero-order valence-electron chi connectivity index (χ0n) is 12.7. The molecule has 0 atom stereocenters. The summed E-state index contributed by atoms with van der Waals surface area (Å²) in [6, 6.07) is 14.1. The molecule has 0 spiro atoms. The number of hydrogen-bond acceptors (Lipinski definition) is 4. The minimum absolute atomic E-state index is 0.270. The molecule has 120 valence electrons. The van der Waals surface area contributed by atoms with Crippen molar-refractivity contribution in [2.24, 2.45) is 0 Å². The number of rotatable bonds is 5. The summed E-state index contributed by atoms with van der Waals surface area (Å²) in [5.41, 5.74) is 1.29. The molecule has 2 aromatic heterocycles. The lowest BCUT2D eigenvalue weighted by Gasteiger charge is -2.07. The van der Waals surface area contributed by atoms with E-state index in [9.17, 15) is 9.59 Å². The highest BCUT2D eigenvalue weighted by atomic mass is 16.3. The van der Waals surface area contributed by atoms with Crippen molar-refractivity contribution in [3.05, 3.63) is 84.1 Å². The molecule has 24 heavy (non-hydrogen) atoms. The molecule has 0 bridgehead atoms. The molecule has 2 amide bonds. The Morgan fingerprint density at radius 3 is 2.42 bits per heavy atom. The van der Waals surface area contributed by atoms with Gasteiger partial charge in [0.1, 0.15) is 5.76 Å². The molecule has 0 radical (unpaired) electrons. The first kappa shape index (κ1) is 15.5. The summed E-state index contributed by atoms with van der Waals surface area (Å²) in [4.78, 5) is 28.4. The van der Waals surface area contributed by atoms with Gasteiger partial charge >= 0.3 is 0 Å². The van der Waals surface area contributed by atoms with E-state index in [2.05, 4.69) is 15.6 Å². The molecule has 1 aromatic carbocycles. The quantitative estimate of drug-likeness (QED) is 0.757. The van der Waals surface area contributed by atoms with Crippen LogP contribution in [0.1, 0.15) is 26.5 Å². The number of para-hydroxylation sites is 1. The van der Waals surface area contributed by atoms with Gasteiger partial charge < -0.3 is 15.1 Å². The lowest BCUT2D eigenvalue weighted by atomic mass is 10.2. The van der Waals surface area contributed by atoms with Crippen LogP contribution in [-0.2, 0) is 6.54 Å². The number of amides is 2. The van der Waals surface area contributed by atoms with Crippen LogP contribution in [0.5, 0.6) is 0 Å². The minimum atomic E-state index is -0.326. The molecule has 0 aliphatic carbocycles. The Morgan fingerprint density at radius 2 is 1.71 bits per heavy atom. The largest absolute Gasteiger partial charge is 0.467 e. The highest BCUT2D eigenvalue weighted by molar-refractivity contribution is 6.05. The second kappa shape index (κ2) is 7.23. The van der Waals surface area contributed by atoms with Crippen molar-refractivity contribution in [1.29, 1.82) is 0 Å². The predicted octanol–water partition coefficient (Wildman–Crippen LogP) is 2.86. The van der Waals surface area contributed by atoms with Gasteiger partial charge in [0.25, 0.3) is 11.8 Å². The third-order valence-electron chi connectivity index (χ3n) is 3.30. The molecular weight excluding hydrogens is 306 g/mol.